The van der Waals surface area contributed by atoms with Crippen molar-refractivity contribution in [1.29, 1.82) is 0 Å². The molecule has 5 rings (SSSR count). The zero-order valence-corrected chi connectivity index (χ0v) is 18.1. The van der Waals surface area contributed by atoms with Crippen LogP contribution in [0.1, 0.15) is 11.3 Å². The first kappa shape index (κ1) is 19.9. The summed E-state index contributed by atoms with van der Waals surface area (Å²) < 4.78 is 7.07. The van der Waals surface area contributed by atoms with Gasteiger partial charge in [0.1, 0.15) is 5.69 Å². The summed E-state index contributed by atoms with van der Waals surface area (Å²) in [6, 6.07) is 22.2. The summed E-state index contributed by atoms with van der Waals surface area (Å²) in [6.45, 7) is 0. The van der Waals surface area contributed by atoms with Crippen molar-refractivity contribution < 1.29 is 4.74 Å². The molecule has 5 nitrogen and oxygen atoms in total. The fourth-order valence-electron chi connectivity index (χ4n) is 3.57. The number of fused-ring (bicyclic) bond motifs is 1. The second-order valence-corrected chi connectivity index (χ2v) is 7.97. The van der Waals surface area contributed by atoms with Crippen molar-refractivity contribution in [2.75, 3.05) is 7.11 Å². The van der Waals surface area contributed by atoms with Crippen LogP contribution in [0.4, 0.5) is 0 Å². The lowest BCUT2D eigenvalue weighted by atomic mass is 10.0. The molecule has 0 unspecified atom stereocenters. The van der Waals surface area contributed by atoms with E-state index < -0.39 is 0 Å². The van der Waals surface area contributed by atoms with Gasteiger partial charge in [-0.05, 0) is 34.4 Å². The third-order valence-electron chi connectivity index (χ3n) is 5.16. The van der Waals surface area contributed by atoms with Crippen molar-refractivity contribution in [2.45, 2.75) is 0 Å². The predicted molar refractivity (Wildman–Crippen MR) is 130 cm³/mol. The maximum absolute atomic E-state index is 13.3. The molecule has 6 heteroatoms. The van der Waals surface area contributed by atoms with E-state index in [9.17, 15) is 4.79 Å². The Balaban J connectivity index is 1.56. The number of hydrogen-bond donors (Lipinski definition) is 0. The van der Waals surface area contributed by atoms with Crippen LogP contribution in [0.15, 0.2) is 89.3 Å². The quantitative estimate of drug-likeness (QED) is 0.356. The van der Waals surface area contributed by atoms with E-state index in [2.05, 4.69) is 34.2 Å². The minimum atomic E-state index is -0.230. The van der Waals surface area contributed by atoms with Crippen LogP contribution in [-0.4, -0.2) is 21.5 Å². The monoisotopic (exact) mass is 437 g/mol. The summed E-state index contributed by atoms with van der Waals surface area (Å²) in [5.41, 5.74) is 5.20. The third-order valence-corrected chi connectivity index (χ3v) is 5.99. The number of hydrogen-bond acceptors (Lipinski definition) is 5. The highest BCUT2D eigenvalue weighted by Crippen LogP contribution is 2.29. The Morgan fingerprint density at radius 3 is 2.38 bits per heavy atom. The van der Waals surface area contributed by atoms with Crippen LogP contribution in [0.3, 0.4) is 0 Å². The van der Waals surface area contributed by atoms with Gasteiger partial charge < -0.3 is 4.74 Å². The Kier molecular flexibility index (Phi) is 5.35. The normalized spacial score (nSPS) is 11.3. The molecule has 0 aliphatic rings. The van der Waals surface area contributed by atoms with Gasteiger partial charge in [0, 0.05) is 17.8 Å². The highest BCUT2D eigenvalue weighted by Gasteiger charge is 2.16. The molecule has 0 fully saturated rings. The van der Waals surface area contributed by atoms with E-state index >= 15 is 0 Å². The van der Waals surface area contributed by atoms with Gasteiger partial charge in [0.25, 0.3) is 0 Å². The Morgan fingerprint density at radius 1 is 0.906 bits per heavy atom. The average Bonchev–Trinajstić information content (AvgIpc) is 3.28. The van der Waals surface area contributed by atoms with Crippen molar-refractivity contribution in [2.24, 2.45) is 0 Å². The van der Waals surface area contributed by atoms with Gasteiger partial charge in [0.05, 0.1) is 12.8 Å². The molecular formula is C26H19N3O2S. The zero-order chi connectivity index (χ0) is 21.9. The summed E-state index contributed by atoms with van der Waals surface area (Å²) >= 11 is 1.43. The zero-order valence-electron chi connectivity index (χ0n) is 17.3. The molecule has 0 N–H and O–H groups in total. The van der Waals surface area contributed by atoms with E-state index in [1.807, 2.05) is 53.9 Å². The summed E-state index contributed by atoms with van der Waals surface area (Å²) in [5.74, 6) is 0.211. The molecule has 0 atom stereocenters. The summed E-state index contributed by atoms with van der Waals surface area (Å²) in [4.78, 5) is 22.7. The second-order valence-electron chi connectivity index (χ2n) is 7.14. The van der Waals surface area contributed by atoms with Crippen molar-refractivity contribution in [3.63, 3.8) is 0 Å². The lowest BCUT2D eigenvalue weighted by Gasteiger charge is -2.08. The number of ether oxygens (including phenoxy) is 1. The first-order chi connectivity index (χ1) is 15.7. The molecule has 32 heavy (non-hydrogen) atoms. The van der Waals surface area contributed by atoms with Gasteiger partial charge in [-0.1, -0.05) is 66.7 Å². The Hall–Kier alpha value is -4.03. The van der Waals surface area contributed by atoms with Crippen LogP contribution in [0.5, 0.6) is 5.75 Å². The van der Waals surface area contributed by atoms with Crippen LogP contribution in [0.2, 0.25) is 0 Å². The standard InChI is InChI=1S/C26H19N3O2S/c1-31-24-22(14-9-18-6-5-15-27-16-18)28-26-29(25(24)30)23(17-32-26)21-12-10-20(11-13-21)19-7-3-2-4-8-19/h2-17H,1H3/b14-9+. The lowest BCUT2D eigenvalue weighted by molar-refractivity contribution is 0.404. The van der Waals surface area contributed by atoms with Crippen molar-refractivity contribution in [3.8, 4) is 28.1 Å². The molecule has 0 bridgehead atoms. The molecular weight excluding hydrogens is 418 g/mol. The molecule has 2 aromatic carbocycles. The Morgan fingerprint density at radius 2 is 1.66 bits per heavy atom. The molecule has 156 valence electrons. The maximum atomic E-state index is 13.3. The van der Waals surface area contributed by atoms with Gasteiger partial charge in [-0.15, -0.1) is 11.3 Å². The molecule has 3 heterocycles. The molecule has 0 saturated carbocycles. The largest absolute Gasteiger partial charge is 0.490 e. The molecule has 0 amide bonds. The van der Waals surface area contributed by atoms with E-state index in [4.69, 9.17) is 4.74 Å². The van der Waals surface area contributed by atoms with E-state index in [0.29, 0.717) is 10.7 Å². The second kappa shape index (κ2) is 8.61. The maximum Gasteiger partial charge on any atom is 0.302 e. The van der Waals surface area contributed by atoms with Gasteiger partial charge in [0.15, 0.2) is 4.96 Å². The molecule has 0 spiro atoms. The van der Waals surface area contributed by atoms with Gasteiger partial charge in [0.2, 0.25) is 5.75 Å². The van der Waals surface area contributed by atoms with Crippen molar-refractivity contribution in [3.05, 3.63) is 106 Å². The van der Waals surface area contributed by atoms with Crippen LogP contribution in [-0.2, 0) is 0 Å². The first-order valence-electron chi connectivity index (χ1n) is 10.1. The lowest BCUT2D eigenvalue weighted by Crippen LogP contribution is -2.18. The summed E-state index contributed by atoms with van der Waals surface area (Å²) in [7, 11) is 1.49. The highest BCUT2D eigenvalue weighted by molar-refractivity contribution is 7.15. The number of aromatic nitrogens is 3. The number of nitrogens with zero attached hydrogens (tertiary/aromatic N) is 3. The molecule has 0 radical (unpaired) electrons. The van der Waals surface area contributed by atoms with Crippen LogP contribution < -0.4 is 10.3 Å². The smallest absolute Gasteiger partial charge is 0.302 e. The fourth-order valence-corrected chi connectivity index (χ4v) is 4.47. The number of methoxy groups -OCH3 is 1. The molecule has 0 saturated heterocycles. The first-order valence-corrected chi connectivity index (χ1v) is 10.9. The topological polar surface area (TPSA) is 56.5 Å². The summed E-state index contributed by atoms with van der Waals surface area (Å²) in [6.07, 6.45) is 7.11. The van der Waals surface area contributed by atoms with E-state index in [1.165, 1.54) is 18.4 Å². The van der Waals surface area contributed by atoms with Crippen LogP contribution in [0, 0.1) is 0 Å². The van der Waals surface area contributed by atoms with Gasteiger partial charge >= 0.3 is 5.56 Å². The van der Waals surface area contributed by atoms with Gasteiger partial charge in [-0.25, -0.2) is 9.38 Å². The van der Waals surface area contributed by atoms with Crippen molar-refractivity contribution >= 4 is 28.4 Å². The predicted octanol–water partition coefficient (Wildman–Crippen LogP) is 5.66. The van der Waals surface area contributed by atoms with Gasteiger partial charge in [-0.3, -0.25) is 9.78 Å². The van der Waals surface area contributed by atoms with Crippen LogP contribution >= 0.6 is 11.3 Å². The molecule has 5 aromatic rings. The minimum Gasteiger partial charge on any atom is -0.490 e. The number of rotatable bonds is 5. The van der Waals surface area contributed by atoms with Crippen molar-refractivity contribution in [1.82, 2.24) is 14.4 Å². The van der Waals surface area contributed by atoms with E-state index in [1.54, 1.807) is 22.9 Å². The highest BCUT2D eigenvalue weighted by atomic mass is 32.1. The molecule has 3 aromatic heterocycles. The third kappa shape index (κ3) is 3.72. The number of pyridine rings is 1. The number of benzene rings is 2. The SMILES string of the molecule is COc1c(/C=C/c2cccnc2)nc2scc(-c3ccc(-c4ccccc4)cc3)n2c1=O. The van der Waals surface area contributed by atoms with E-state index in [0.717, 1.165) is 27.9 Å². The van der Waals surface area contributed by atoms with E-state index in [-0.39, 0.29) is 11.3 Å². The number of thiazole rings is 1. The fraction of sp³-hybridized carbons (Fsp3) is 0.0385. The Labute approximate surface area is 188 Å². The Bertz CT molecular complexity index is 1450. The van der Waals surface area contributed by atoms with Gasteiger partial charge in [-0.2, -0.15) is 0 Å². The molecule has 0 aliphatic heterocycles. The average molecular weight is 438 g/mol. The summed E-state index contributed by atoms with van der Waals surface area (Å²) in [5, 5.41) is 1.95. The minimum absolute atomic E-state index is 0.211. The molecule has 0 aliphatic carbocycles. The van der Waals surface area contributed by atoms with Crippen LogP contribution in [0.25, 0.3) is 39.5 Å².